The van der Waals surface area contributed by atoms with Crippen molar-refractivity contribution in [1.82, 2.24) is 9.80 Å². The Hall–Kier alpha value is -3.71. The SMILES string of the molecule is CCN(CC)C(=O)C(c1ccccc1)N1CCN(c2ccc(NC(=O)C3(c4ccccc4)CCCC3)cc2F)CC1. The summed E-state index contributed by atoms with van der Waals surface area (Å²) in [5, 5.41) is 3.02. The Morgan fingerprint density at radius 3 is 2.07 bits per heavy atom. The number of hydrogen-bond donors (Lipinski definition) is 1. The molecule has 0 radical (unpaired) electrons. The van der Waals surface area contributed by atoms with Crippen molar-refractivity contribution >= 4 is 23.2 Å². The molecule has 2 amide bonds. The molecule has 1 aliphatic carbocycles. The number of anilines is 2. The van der Waals surface area contributed by atoms with Crippen LogP contribution in [-0.4, -0.2) is 60.9 Å². The van der Waals surface area contributed by atoms with E-state index in [1.807, 2.05) is 84.3 Å². The van der Waals surface area contributed by atoms with Crippen molar-refractivity contribution in [2.45, 2.75) is 51.0 Å². The van der Waals surface area contributed by atoms with Gasteiger partial charge in [0.2, 0.25) is 11.8 Å². The molecule has 2 fully saturated rings. The maximum absolute atomic E-state index is 15.5. The lowest BCUT2D eigenvalue weighted by Gasteiger charge is -2.41. The molecule has 6 nitrogen and oxygen atoms in total. The molecular formula is C34H41FN4O2. The second kappa shape index (κ2) is 12.9. The standard InChI is InChI=1S/C34H41FN4O2/c1-3-37(4-2)32(40)31(26-13-7-5-8-14-26)39-23-21-38(22-24-39)30-18-17-28(25-29(30)35)36-33(41)34(19-11-12-20-34)27-15-9-6-10-16-27/h5-10,13-18,25,31H,3-4,11-12,19-24H2,1-2H3,(H,36,41). The van der Waals surface area contributed by atoms with E-state index < -0.39 is 5.41 Å². The van der Waals surface area contributed by atoms with Crippen LogP contribution in [0.25, 0.3) is 0 Å². The minimum Gasteiger partial charge on any atom is -0.367 e. The molecule has 3 aromatic carbocycles. The Labute approximate surface area is 243 Å². The first-order valence-electron chi connectivity index (χ1n) is 15.0. The zero-order chi connectivity index (χ0) is 28.8. The van der Waals surface area contributed by atoms with Crippen LogP contribution in [0, 0.1) is 5.82 Å². The highest BCUT2D eigenvalue weighted by Crippen LogP contribution is 2.42. The Balaban J connectivity index is 1.27. The summed E-state index contributed by atoms with van der Waals surface area (Å²) in [6.45, 7) is 7.84. The maximum atomic E-state index is 15.5. The molecule has 1 saturated heterocycles. The fourth-order valence-corrected chi connectivity index (χ4v) is 6.55. The van der Waals surface area contributed by atoms with Gasteiger partial charge in [-0.05, 0) is 56.0 Å². The summed E-state index contributed by atoms with van der Waals surface area (Å²) in [6, 6.07) is 24.5. The minimum absolute atomic E-state index is 0.0632. The highest BCUT2D eigenvalue weighted by atomic mass is 19.1. The van der Waals surface area contributed by atoms with Gasteiger partial charge in [0.1, 0.15) is 11.9 Å². The molecule has 5 rings (SSSR count). The Morgan fingerprint density at radius 1 is 0.878 bits per heavy atom. The number of piperazine rings is 1. The molecule has 1 heterocycles. The van der Waals surface area contributed by atoms with Crippen molar-refractivity contribution in [2.24, 2.45) is 0 Å². The van der Waals surface area contributed by atoms with Crippen LogP contribution in [0.2, 0.25) is 0 Å². The number of hydrogen-bond acceptors (Lipinski definition) is 4. The van der Waals surface area contributed by atoms with Crippen LogP contribution in [0.15, 0.2) is 78.9 Å². The second-order valence-corrected chi connectivity index (χ2v) is 11.1. The van der Waals surface area contributed by atoms with Gasteiger partial charge in [0.15, 0.2) is 0 Å². The molecule has 1 N–H and O–H groups in total. The molecule has 7 heteroatoms. The first kappa shape index (κ1) is 28.8. The smallest absolute Gasteiger partial charge is 0.244 e. The Morgan fingerprint density at radius 2 is 1.49 bits per heavy atom. The second-order valence-electron chi connectivity index (χ2n) is 11.1. The largest absolute Gasteiger partial charge is 0.367 e. The molecule has 1 saturated carbocycles. The zero-order valence-electron chi connectivity index (χ0n) is 24.2. The number of nitrogens with zero attached hydrogens (tertiary/aromatic N) is 3. The highest BCUT2D eigenvalue weighted by molar-refractivity contribution is 5.99. The third-order valence-corrected chi connectivity index (χ3v) is 8.87. The van der Waals surface area contributed by atoms with E-state index in [1.165, 1.54) is 6.07 Å². The summed E-state index contributed by atoms with van der Waals surface area (Å²) in [5.41, 5.74) is 2.45. The van der Waals surface area contributed by atoms with Gasteiger partial charge in [-0.15, -0.1) is 0 Å². The van der Waals surface area contributed by atoms with Crippen LogP contribution < -0.4 is 10.2 Å². The zero-order valence-corrected chi connectivity index (χ0v) is 24.2. The Bertz CT molecular complexity index is 1320. The van der Waals surface area contributed by atoms with E-state index in [2.05, 4.69) is 10.2 Å². The van der Waals surface area contributed by atoms with Crippen molar-refractivity contribution in [3.05, 3.63) is 95.8 Å². The van der Waals surface area contributed by atoms with Gasteiger partial charge in [-0.25, -0.2) is 4.39 Å². The molecule has 0 bridgehead atoms. The van der Waals surface area contributed by atoms with E-state index >= 15 is 4.39 Å². The number of benzene rings is 3. The number of carbonyl (C=O) groups excluding carboxylic acids is 2. The van der Waals surface area contributed by atoms with Gasteiger partial charge in [-0.1, -0.05) is 73.5 Å². The predicted molar refractivity (Wildman–Crippen MR) is 163 cm³/mol. The first-order chi connectivity index (χ1) is 20.0. The molecule has 41 heavy (non-hydrogen) atoms. The summed E-state index contributed by atoms with van der Waals surface area (Å²) < 4.78 is 15.5. The van der Waals surface area contributed by atoms with Crippen LogP contribution in [0.5, 0.6) is 0 Å². The fourth-order valence-electron chi connectivity index (χ4n) is 6.55. The molecule has 0 aromatic heterocycles. The van der Waals surface area contributed by atoms with Gasteiger partial charge in [-0.2, -0.15) is 0 Å². The van der Waals surface area contributed by atoms with Crippen molar-refractivity contribution in [1.29, 1.82) is 0 Å². The van der Waals surface area contributed by atoms with E-state index in [1.54, 1.807) is 12.1 Å². The summed E-state index contributed by atoms with van der Waals surface area (Å²) >= 11 is 0. The molecule has 1 aliphatic heterocycles. The van der Waals surface area contributed by atoms with Gasteiger partial charge >= 0.3 is 0 Å². The van der Waals surface area contributed by atoms with E-state index in [-0.39, 0.29) is 23.7 Å². The van der Waals surface area contributed by atoms with Crippen LogP contribution >= 0.6 is 0 Å². The van der Waals surface area contributed by atoms with Crippen LogP contribution in [-0.2, 0) is 15.0 Å². The van der Waals surface area contributed by atoms with Gasteiger partial charge < -0.3 is 15.1 Å². The summed E-state index contributed by atoms with van der Waals surface area (Å²) in [6.07, 6.45) is 3.61. The average Bonchev–Trinajstić information content (AvgIpc) is 3.51. The van der Waals surface area contributed by atoms with Gasteiger partial charge in [0.05, 0.1) is 11.1 Å². The minimum atomic E-state index is -0.565. The first-order valence-corrected chi connectivity index (χ1v) is 15.0. The molecule has 3 aromatic rings. The molecule has 2 aliphatic rings. The molecule has 1 unspecified atom stereocenters. The number of halogens is 1. The summed E-state index contributed by atoms with van der Waals surface area (Å²) in [4.78, 5) is 33.2. The number of likely N-dealkylation sites (N-methyl/N-ethyl adjacent to an activating group) is 1. The third kappa shape index (κ3) is 6.01. The average molecular weight is 557 g/mol. The predicted octanol–water partition coefficient (Wildman–Crippen LogP) is 6.01. The quantitative estimate of drug-likeness (QED) is 0.351. The fraction of sp³-hybridized carbons (Fsp3) is 0.412. The number of amides is 2. The van der Waals surface area contributed by atoms with E-state index in [4.69, 9.17) is 0 Å². The summed E-state index contributed by atoms with van der Waals surface area (Å²) in [5.74, 6) is -0.307. The van der Waals surface area contributed by atoms with Gasteiger partial charge in [0, 0.05) is 45.0 Å². The molecule has 1 atom stereocenters. The van der Waals surface area contributed by atoms with Crippen LogP contribution in [0.4, 0.5) is 15.8 Å². The van der Waals surface area contributed by atoms with Crippen LogP contribution in [0.1, 0.15) is 56.7 Å². The van der Waals surface area contributed by atoms with Crippen molar-refractivity contribution in [3.63, 3.8) is 0 Å². The Kier molecular flexibility index (Phi) is 9.03. The van der Waals surface area contributed by atoms with E-state index in [0.717, 1.165) is 36.8 Å². The van der Waals surface area contributed by atoms with Crippen molar-refractivity contribution in [3.8, 4) is 0 Å². The summed E-state index contributed by atoms with van der Waals surface area (Å²) in [7, 11) is 0. The van der Waals surface area contributed by atoms with Gasteiger partial charge in [0.25, 0.3) is 0 Å². The number of carbonyl (C=O) groups is 2. The topological polar surface area (TPSA) is 55.9 Å². The van der Waals surface area contributed by atoms with Gasteiger partial charge in [-0.3, -0.25) is 14.5 Å². The maximum Gasteiger partial charge on any atom is 0.244 e. The lowest BCUT2D eigenvalue weighted by molar-refractivity contribution is -0.137. The van der Waals surface area contributed by atoms with E-state index in [0.29, 0.717) is 50.6 Å². The molecular weight excluding hydrogens is 515 g/mol. The number of nitrogens with one attached hydrogen (secondary N) is 1. The lowest BCUT2D eigenvalue weighted by atomic mass is 9.78. The van der Waals surface area contributed by atoms with Crippen LogP contribution in [0.3, 0.4) is 0 Å². The highest BCUT2D eigenvalue weighted by Gasteiger charge is 2.42. The third-order valence-electron chi connectivity index (χ3n) is 8.87. The lowest BCUT2D eigenvalue weighted by Crippen LogP contribution is -2.52. The molecule has 216 valence electrons. The molecule has 0 spiro atoms. The monoisotopic (exact) mass is 556 g/mol. The van der Waals surface area contributed by atoms with Crippen molar-refractivity contribution in [2.75, 3.05) is 49.5 Å². The number of rotatable bonds is 9. The van der Waals surface area contributed by atoms with E-state index in [9.17, 15) is 9.59 Å². The van der Waals surface area contributed by atoms with Crippen molar-refractivity contribution < 1.29 is 14.0 Å². The normalized spacial score (nSPS) is 17.7.